The Kier molecular flexibility index (Phi) is 5.00. The molecule has 6 heteroatoms. The fourth-order valence-corrected chi connectivity index (χ4v) is 3.21. The monoisotopic (exact) mass is 313 g/mol. The summed E-state index contributed by atoms with van der Waals surface area (Å²) in [5.74, 6) is 1.55. The van der Waals surface area contributed by atoms with E-state index in [0.717, 1.165) is 23.6 Å². The molecule has 1 heterocycles. The fourth-order valence-electron chi connectivity index (χ4n) is 3.21. The lowest BCUT2D eigenvalue weighted by molar-refractivity contribution is -0.116. The number of tetrazole rings is 1. The standard InChI is InChI=1S/C17H23N5O/c1-22-17(19-20-21-22)14-8-10-15(11-9-14)18-16(23)12-7-13-5-3-2-4-6-13/h8-11,13H,2-7,12H2,1H3,(H,18,23). The van der Waals surface area contributed by atoms with E-state index in [1.54, 1.807) is 11.7 Å². The predicted octanol–water partition coefficient (Wildman–Crippen LogP) is 3.18. The second-order valence-corrected chi connectivity index (χ2v) is 6.29. The summed E-state index contributed by atoms with van der Waals surface area (Å²) in [6.45, 7) is 0. The van der Waals surface area contributed by atoms with E-state index < -0.39 is 0 Å². The maximum Gasteiger partial charge on any atom is 0.224 e. The second-order valence-electron chi connectivity index (χ2n) is 6.29. The van der Waals surface area contributed by atoms with E-state index in [1.165, 1.54) is 32.1 Å². The lowest BCUT2D eigenvalue weighted by atomic mass is 9.86. The normalized spacial score (nSPS) is 15.5. The number of carbonyl (C=O) groups is 1. The zero-order valence-electron chi connectivity index (χ0n) is 13.5. The number of amides is 1. The molecule has 1 amide bonds. The first-order valence-corrected chi connectivity index (χ1v) is 8.35. The number of hydrogen-bond acceptors (Lipinski definition) is 4. The number of aryl methyl sites for hydroxylation is 1. The largest absolute Gasteiger partial charge is 0.326 e. The van der Waals surface area contributed by atoms with Gasteiger partial charge in [0, 0.05) is 24.7 Å². The number of nitrogens with one attached hydrogen (secondary N) is 1. The Balaban J connectivity index is 1.51. The van der Waals surface area contributed by atoms with Gasteiger partial charge in [-0.2, -0.15) is 0 Å². The highest BCUT2D eigenvalue weighted by Crippen LogP contribution is 2.27. The minimum atomic E-state index is 0.101. The molecule has 2 aromatic rings. The molecular formula is C17H23N5O. The van der Waals surface area contributed by atoms with Gasteiger partial charge in [0.2, 0.25) is 5.91 Å². The van der Waals surface area contributed by atoms with E-state index in [0.29, 0.717) is 12.2 Å². The summed E-state index contributed by atoms with van der Waals surface area (Å²) in [5, 5.41) is 14.4. The third kappa shape index (κ3) is 4.15. The van der Waals surface area contributed by atoms with Crippen LogP contribution in [0.1, 0.15) is 44.9 Å². The van der Waals surface area contributed by atoms with E-state index in [4.69, 9.17) is 0 Å². The average Bonchev–Trinajstić information content (AvgIpc) is 3.01. The highest BCUT2D eigenvalue weighted by molar-refractivity contribution is 5.90. The van der Waals surface area contributed by atoms with Crippen LogP contribution < -0.4 is 5.32 Å². The third-order valence-electron chi connectivity index (χ3n) is 4.55. The highest BCUT2D eigenvalue weighted by atomic mass is 16.1. The Morgan fingerprint density at radius 2 is 1.96 bits per heavy atom. The number of nitrogens with zero attached hydrogens (tertiary/aromatic N) is 4. The van der Waals surface area contributed by atoms with Gasteiger partial charge >= 0.3 is 0 Å². The lowest BCUT2D eigenvalue weighted by Crippen LogP contribution is -2.14. The van der Waals surface area contributed by atoms with Crippen LogP contribution in [0.2, 0.25) is 0 Å². The molecule has 1 aliphatic carbocycles. The molecular weight excluding hydrogens is 290 g/mol. The van der Waals surface area contributed by atoms with Gasteiger partial charge in [0.05, 0.1) is 0 Å². The Labute approximate surface area is 136 Å². The van der Waals surface area contributed by atoms with Gasteiger partial charge in [0.1, 0.15) is 0 Å². The molecule has 23 heavy (non-hydrogen) atoms. The zero-order chi connectivity index (χ0) is 16.1. The molecule has 0 saturated heterocycles. The van der Waals surface area contributed by atoms with Crippen LogP contribution in [0.25, 0.3) is 11.4 Å². The van der Waals surface area contributed by atoms with Crippen molar-refractivity contribution in [1.82, 2.24) is 20.2 Å². The van der Waals surface area contributed by atoms with Crippen molar-refractivity contribution in [2.45, 2.75) is 44.9 Å². The highest BCUT2D eigenvalue weighted by Gasteiger charge is 2.15. The molecule has 6 nitrogen and oxygen atoms in total. The molecule has 0 spiro atoms. The van der Waals surface area contributed by atoms with Gasteiger partial charge in [0.25, 0.3) is 0 Å². The molecule has 1 aliphatic rings. The summed E-state index contributed by atoms with van der Waals surface area (Å²) in [6.07, 6.45) is 8.20. The first-order chi connectivity index (χ1) is 11.2. The van der Waals surface area contributed by atoms with E-state index in [2.05, 4.69) is 20.8 Å². The zero-order valence-corrected chi connectivity index (χ0v) is 13.5. The summed E-state index contributed by atoms with van der Waals surface area (Å²) in [7, 11) is 1.80. The third-order valence-corrected chi connectivity index (χ3v) is 4.55. The summed E-state index contributed by atoms with van der Waals surface area (Å²) in [5.41, 5.74) is 1.75. The van der Waals surface area contributed by atoms with Crippen LogP contribution in [-0.4, -0.2) is 26.1 Å². The predicted molar refractivity (Wildman–Crippen MR) is 88.7 cm³/mol. The van der Waals surface area contributed by atoms with Gasteiger partial charge in [-0.3, -0.25) is 4.79 Å². The minimum Gasteiger partial charge on any atom is -0.326 e. The van der Waals surface area contributed by atoms with Crippen molar-refractivity contribution in [3.63, 3.8) is 0 Å². The smallest absolute Gasteiger partial charge is 0.224 e. The second kappa shape index (κ2) is 7.35. The molecule has 1 aromatic heterocycles. The van der Waals surface area contributed by atoms with Crippen molar-refractivity contribution < 1.29 is 4.79 Å². The average molecular weight is 313 g/mol. The molecule has 1 fully saturated rings. The molecule has 122 valence electrons. The van der Waals surface area contributed by atoms with Crippen molar-refractivity contribution >= 4 is 11.6 Å². The van der Waals surface area contributed by atoms with Crippen molar-refractivity contribution in [1.29, 1.82) is 0 Å². The van der Waals surface area contributed by atoms with Gasteiger partial charge in [-0.05, 0) is 47.0 Å². The number of benzene rings is 1. The number of hydrogen-bond donors (Lipinski definition) is 1. The van der Waals surface area contributed by atoms with Crippen LogP contribution in [0.3, 0.4) is 0 Å². The summed E-state index contributed by atoms with van der Waals surface area (Å²) < 4.78 is 1.62. The Morgan fingerprint density at radius 3 is 2.61 bits per heavy atom. The molecule has 0 bridgehead atoms. The molecule has 0 unspecified atom stereocenters. The van der Waals surface area contributed by atoms with Crippen molar-refractivity contribution in [2.75, 3.05) is 5.32 Å². The van der Waals surface area contributed by atoms with Crippen LogP contribution in [0, 0.1) is 5.92 Å². The number of aromatic nitrogens is 4. The molecule has 1 N–H and O–H groups in total. The van der Waals surface area contributed by atoms with Gasteiger partial charge in [0.15, 0.2) is 5.82 Å². The van der Waals surface area contributed by atoms with E-state index >= 15 is 0 Å². The summed E-state index contributed by atoms with van der Waals surface area (Å²) >= 11 is 0. The van der Waals surface area contributed by atoms with Crippen LogP contribution in [0.15, 0.2) is 24.3 Å². The Morgan fingerprint density at radius 1 is 1.22 bits per heavy atom. The van der Waals surface area contributed by atoms with Gasteiger partial charge in [-0.1, -0.05) is 32.1 Å². The number of carbonyl (C=O) groups excluding carboxylic acids is 1. The summed E-state index contributed by atoms with van der Waals surface area (Å²) in [4.78, 5) is 12.1. The fraction of sp³-hybridized carbons (Fsp3) is 0.529. The molecule has 1 aromatic carbocycles. The first-order valence-electron chi connectivity index (χ1n) is 8.35. The molecule has 0 radical (unpaired) electrons. The lowest BCUT2D eigenvalue weighted by Gasteiger charge is -2.21. The number of anilines is 1. The van der Waals surface area contributed by atoms with Crippen molar-refractivity contribution in [3.8, 4) is 11.4 Å². The van der Waals surface area contributed by atoms with E-state index in [-0.39, 0.29) is 5.91 Å². The minimum absolute atomic E-state index is 0.101. The quantitative estimate of drug-likeness (QED) is 0.920. The SMILES string of the molecule is Cn1nnnc1-c1ccc(NC(=O)CCC2CCCCC2)cc1. The molecule has 1 saturated carbocycles. The molecule has 0 atom stereocenters. The topological polar surface area (TPSA) is 72.7 Å². The maximum atomic E-state index is 12.1. The molecule has 0 aliphatic heterocycles. The van der Waals surface area contributed by atoms with Crippen molar-refractivity contribution in [2.24, 2.45) is 13.0 Å². The van der Waals surface area contributed by atoms with Crippen molar-refractivity contribution in [3.05, 3.63) is 24.3 Å². The Hall–Kier alpha value is -2.24. The maximum absolute atomic E-state index is 12.1. The first kappa shape index (κ1) is 15.6. The number of rotatable bonds is 5. The van der Waals surface area contributed by atoms with Crippen LogP contribution in [-0.2, 0) is 11.8 Å². The molecule has 3 rings (SSSR count). The van der Waals surface area contributed by atoms with Crippen LogP contribution in [0.4, 0.5) is 5.69 Å². The van der Waals surface area contributed by atoms with E-state index in [1.807, 2.05) is 24.3 Å². The summed E-state index contributed by atoms with van der Waals surface area (Å²) in [6, 6.07) is 7.62. The Bertz CT molecular complexity index is 643. The van der Waals surface area contributed by atoms with Gasteiger partial charge in [-0.25, -0.2) is 4.68 Å². The van der Waals surface area contributed by atoms with Gasteiger partial charge in [-0.15, -0.1) is 5.10 Å². The van der Waals surface area contributed by atoms with Gasteiger partial charge < -0.3 is 5.32 Å². The van der Waals surface area contributed by atoms with Crippen LogP contribution in [0.5, 0.6) is 0 Å². The van der Waals surface area contributed by atoms with Crippen LogP contribution >= 0.6 is 0 Å². The van der Waals surface area contributed by atoms with E-state index in [9.17, 15) is 4.79 Å².